The Hall–Kier alpha value is -2.33. The molecule has 0 unspecified atom stereocenters. The van der Waals surface area contributed by atoms with Crippen molar-refractivity contribution in [3.63, 3.8) is 0 Å². The van der Waals surface area contributed by atoms with Gasteiger partial charge in [-0.05, 0) is 59.4 Å². The minimum Gasteiger partial charge on any atom is -0.454 e. The maximum absolute atomic E-state index is 12.9. The lowest BCUT2D eigenvalue weighted by molar-refractivity contribution is 0.0456. The van der Waals surface area contributed by atoms with Gasteiger partial charge in [0.2, 0.25) is 10.0 Å². The van der Waals surface area contributed by atoms with Crippen molar-refractivity contribution in [2.45, 2.75) is 51.7 Å². The number of hydrogen-bond acceptors (Lipinski definition) is 7. The first-order valence-electron chi connectivity index (χ1n) is 9.83. The second-order valence-corrected chi connectivity index (χ2v) is 9.62. The van der Waals surface area contributed by atoms with E-state index < -0.39 is 16.0 Å². The van der Waals surface area contributed by atoms with Crippen LogP contribution in [0.25, 0.3) is 0 Å². The minimum absolute atomic E-state index is 0.0462. The summed E-state index contributed by atoms with van der Waals surface area (Å²) in [6, 6.07) is 5.86. The van der Waals surface area contributed by atoms with Crippen molar-refractivity contribution in [2.24, 2.45) is 11.8 Å². The van der Waals surface area contributed by atoms with E-state index in [9.17, 15) is 13.2 Å². The number of esters is 1. The molecule has 2 heterocycles. The zero-order valence-corrected chi connectivity index (χ0v) is 17.8. The molecule has 0 spiro atoms. The fourth-order valence-corrected chi connectivity index (χ4v) is 5.32. The number of hydrogen-bond donors (Lipinski definition) is 0. The van der Waals surface area contributed by atoms with Gasteiger partial charge in [-0.15, -0.1) is 5.10 Å². The molecule has 0 aliphatic carbocycles. The third kappa shape index (κ3) is 4.99. The molecule has 2 atom stereocenters. The SMILES string of the molecule is CCCn1nnnc1COC(=O)c1ccc(S(=O)(=O)N2C[C@H](C)C[C@@H](C)C2)cc1. The van der Waals surface area contributed by atoms with Gasteiger partial charge in [0.05, 0.1) is 10.5 Å². The molecule has 1 saturated heterocycles. The van der Waals surface area contributed by atoms with Crippen LogP contribution in [0.2, 0.25) is 0 Å². The predicted molar refractivity (Wildman–Crippen MR) is 105 cm³/mol. The van der Waals surface area contributed by atoms with E-state index in [0.29, 0.717) is 37.3 Å². The lowest BCUT2D eigenvalue weighted by Gasteiger charge is -2.34. The summed E-state index contributed by atoms with van der Waals surface area (Å²) in [5.74, 6) is 0.562. The second kappa shape index (κ2) is 9.00. The average molecular weight is 422 g/mol. The van der Waals surface area contributed by atoms with E-state index in [4.69, 9.17) is 4.74 Å². The topological polar surface area (TPSA) is 107 Å². The lowest BCUT2D eigenvalue weighted by Crippen LogP contribution is -2.42. The minimum atomic E-state index is -3.58. The third-order valence-electron chi connectivity index (χ3n) is 4.94. The molecule has 0 amide bonds. The quantitative estimate of drug-likeness (QED) is 0.630. The lowest BCUT2D eigenvalue weighted by atomic mass is 9.94. The van der Waals surface area contributed by atoms with Crippen LogP contribution in [-0.4, -0.2) is 52.0 Å². The molecule has 9 nitrogen and oxygen atoms in total. The number of tetrazole rings is 1. The van der Waals surface area contributed by atoms with Crippen LogP contribution < -0.4 is 0 Å². The summed E-state index contributed by atoms with van der Waals surface area (Å²) in [5.41, 5.74) is 0.277. The molecular weight excluding hydrogens is 394 g/mol. The van der Waals surface area contributed by atoms with Gasteiger partial charge < -0.3 is 4.74 Å². The van der Waals surface area contributed by atoms with Crippen molar-refractivity contribution in [2.75, 3.05) is 13.1 Å². The summed E-state index contributed by atoms with van der Waals surface area (Å²) in [6.45, 7) is 7.75. The van der Waals surface area contributed by atoms with Gasteiger partial charge in [0.15, 0.2) is 12.4 Å². The number of piperidine rings is 1. The number of carbonyl (C=O) groups is 1. The van der Waals surface area contributed by atoms with Crippen LogP contribution in [0.3, 0.4) is 0 Å². The Morgan fingerprint density at radius 3 is 2.45 bits per heavy atom. The molecule has 1 fully saturated rings. The van der Waals surface area contributed by atoms with Gasteiger partial charge >= 0.3 is 5.97 Å². The number of aromatic nitrogens is 4. The average Bonchev–Trinajstić information content (AvgIpc) is 3.13. The molecule has 1 aromatic carbocycles. The van der Waals surface area contributed by atoms with Gasteiger partial charge in [-0.3, -0.25) is 0 Å². The number of sulfonamides is 1. The Kier molecular flexibility index (Phi) is 6.63. The highest BCUT2D eigenvalue weighted by molar-refractivity contribution is 7.89. The Bertz CT molecular complexity index is 932. The number of benzene rings is 1. The van der Waals surface area contributed by atoms with E-state index in [1.807, 2.05) is 6.92 Å². The van der Waals surface area contributed by atoms with Crippen molar-refractivity contribution in [3.05, 3.63) is 35.7 Å². The first kappa shape index (κ1) is 21.4. The molecule has 1 aliphatic heterocycles. The normalized spacial score (nSPS) is 20.5. The standard InChI is InChI=1S/C19H27N5O4S/c1-4-9-24-18(20-21-22-24)13-28-19(25)16-5-7-17(8-6-16)29(26,27)23-11-14(2)10-15(3)12-23/h5-8,14-15H,4,9-13H2,1-3H3/t14-,15-/m1/s1. The summed E-state index contributed by atoms with van der Waals surface area (Å²) in [4.78, 5) is 12.5. The highest BCUT2D eigenvalue weighted by Crippen LogP contribution is 2.26. The Morgan fingerprint density at radius 1 is 1.17 bits per heavy atom. The number of nitrogens with zero attached hydrogens (tertiary/aromatic N) is 5. The molecule has 2 aromatic rings. The van der Waals surface area contributed by atoms with E-state index in [1.54, 1.807) is 4.68 Å². The summed E-state index contributed by atoms with van der Waals surface area (Å²) < 4.78 is 34.2. The summed E-state index contributed by atoms with van der Waals surface area (Å²) in [7, 11) is -3.58. The van der Waals surface area contributed by atoms with Gasteiger partial charge in [0.1, 0.15) is 0 Å². The van der Waals surface area contributed by atoms with Crippen molar-refractivity contribution in [1.29, 1.82) is 0 Å². The monoisotopic (exact) mass is 421 g/mol. The highest BCUT2D eigenvalue weighted by atomic mass is 32.2. The van der Waals surface area contributed by atoms with Gasteiger partial charge in [-0.1, -0.05) is 20.8 Å². The molecule has 10 heteroatoms. The number of rotatable bonds is 7. The maximum atomic E-state index is 12.9. The fourth-order valence-electron chi connectivity index (χ4n) is 3.64. The Balaban J connectivity index is 1.66. The van der Waals surface area contributed by atoms with Gasteiger partial charge in [0, 0.05) is 19.6 Å². The van der Waals surface area contributed by atoms with Crippen LogP contribution in [-0.2, 0) is 27.9 Å². The maximum Gasteiger partial charge on any atom is 0.338 e. The highest BCUT2D eigenvalue weighted by Gasteiger charge is 2.31. The first-order chi connectivity index (χ1) is 13.8. The van der Waals surface area contributed by atoms with Crippen molar-refractivity contribution in [3.8, 4) is 0 Å². The number of carbonyl (C=O) groups excluding carboxylic acids is 1. The molecular formula is C19H27N5O4S. The third-order valence-corrected chi connectivity index (χ3v) is 6.78. The molecule has 0 radical (unpaired) electrons. The predicted octanol–water partition coefficient (Wildman–Crippen LogP) is 2.11. The van der Waals surface area contributed by atoms with Gasteiger partial charge in [0.25, 0.3) is 0 Å². The molecule has 3 rings (SSSR count). The van der Waals surface area contributed by atoms with E-state index in [1.165, 1.54) is 28.6 Å². The zero-order valence-electron chi connectivity index (χ0n) is 17.0. The van der Waals surface area contributed by atoms with Crippen LogP contribution in [0.4, 0.5) is 0 Å². The first-order valence-corrected chi connectivity index (χ1v) is 11.3. The zero-order chi connectivity index (χ0) is 21.0. The summed E-state index contributed by atoms with van der Waals surface area (Å²) in [5, 5.41) is 11.3. The van der Waals surface area contributed by atoms with E-state index in [0.717, 1.165) is 12.8 Å². The Morgan fingerprint density at radius 2 is 1.83 bits per heavy atom. The van der Waals surface area contributed by atoms with Gasteiger partial charge in [-0.2, -0.15) is 4.31 Å². The molecule has 1 aliphatic rings. The second-order valence-electron chi connectivity index (χ2n) is 7.69. The number of ether oxygens (including phenoxy) is 1. The smallest absolute Gasteiger partial charge is 0.338 e. The van der Waals surface area contributed by atoms with Crippen LogP contribution in [0.1, 0.15) is 49.8 Å². The van der Waals surface area contributed by atoms with Crippen LogP contribution >= 0.6 is 0 Å². The van der Waals surface area contributed by atoms with E-state index in [2.05, 4.69) is 29.4 Å². The molecule has 1 aromatic heterocycles. The van der Waals surface area contributed by atoms with Crippen molar-refractivity contribution in [1.82, 2.24) is 24.5 Å². The Labute approximate surface area is 171 Å². The molecule has 0 bridgehead atoms. The molecule has 0 saturated carbocycles. The van der Waals surface area contributed by atoms with E-state index >= 15 is 0 Å². The molecule has 29 heavy (non-hydrogen) atoms. The molecule has 0 N–H and O–H groups in total. The van der Waals surface area contributed by atoms with Crippen molar-refractivity contribution >= 4 is 16.0 Å². The molecule has 158 valence electrons. The number of aryl methyl sites for hydroxylation is 1. The fraction of sp³-hybridized carbons (Fsp3) is 0.579. The van der Waals surface area contributed by atoms with Crippen LogP contribution in [0, 0.1) is 11.8 Å². The summed E-state index contributed by atoms with van der Waals surface area (Å²) in [6.07, 6.45) is 1.88. The van der Waals surface area contributed by atoms with Gasteiger partial charge in [-0.25, -0.2) is 17.9 Å². The van der Waals surface area contributed by atoms with Crippen LogP contribution in [0.5, 0.6) is 0 Å². The van der Waals surface area contributed by atoms with E-state index in [-0.39, 0.29) is 17.1 Å². The van der Waals surface area contributed by atoms with Crippen LogP contribution in [0.15, 0.2) is 29.2 Å². The van der Waals surface area contributed by atoms with Crippen molar-refractivity contribution < 1.29 is 17.9 Å². The largest absolute Gasteiger partial charge is 0.454 e. The summed E-state index contributed by atoms with van der Waals surface area (Å²) >= 11 is 0.